The number of benzene rings is 2. The van der Waals surface area contributed by atoms with Crippen LogP contribution in [-0.2, 0) is 16.1 Å². The number of ether oxygens (including phenoxy) is 2. The molecule has 2 amide bonds. The fourth-order valence-corrected chi connectivity index (χ4v) is 4.47. The van der Waals surface area contributed by atoms with Crippen molar-refractivity contribution in [3.8, 4) is 11.5 Å². The number of anilines is 2. The van der Waals surface area contributed by atoms with Gasteiger partial charge in [0.1, 0.15) is 13.2 Å². The van der Waals surface area contributed by atoms with Gasteiger partial charge in [-0.3, -0.25) is 14.5 Å². The zero-order valence-electron chi connectivity index (χ0n) is 17.5. The van der Waals surface area contributed by atoms with E-state index in [1.165, 1.54) is 18.4 Å². The van der Waals surface area contributed by atoms with Crippen molar-refractivity contribution < 1.29 is 19.1 Å². The molecule has 2 aromatic rings. The Balaban J connectivity index is 1.20. The summed E-state index contributed by atoms with van der Waals surface area (Å²) in [6.07, 6.45) is 2.75. The van der Waals surface area contributed by atoms with Gasteiger partial charge in [-0.05, 0) is 55.8 Å². The lowest BCUT2D eigenvalue weighted by Crippen LogP contribution is -2.28. The molecular weight excluding hydrogens is 394 g/mol. The molecule has 0 saturated carbocycles. The molecule has 3 aliphatic rings. The highest BCUT2D eigenvalue weighted by Crippen LogP contribution is 2.36. The Morgan fingerprint density at radius 2 is 1.74 bits per heavy atom. The first-order valence-electron chi connectivity index (χ1n) is 11.0. The van der Waals surface area contributed by atoms with E-state index in [1.807, 2.05) is 30.3 Å². The van der Waals surface area contributed by atoms with Crippen molar-refractivity contribution in [1.82, 2.24) is 4.90 Å². The lowest BCUT2D eigenvalue weighted by molar-refractivity contribution is -0.122. The maximum absolute atomic E-state index is 12.8. The van der Waals surface area contributed by atoms with Crippen LogP contribution in [0, 0.1) is 5.92 Å². The van der Waals surface area contributed by atoms with Crippen LogP contribution >= 0.6 is 0 Å². The van der Waals surface area contributed by atoms with E-state index < -0.39 is 0 Å². The topological polar surface area (TPSA) is 71.1 Å². The highest BCUT2D eigenvalue weighted by molar-refractivity contribution is 6.03. The molecule has 162 valence electrons. The third-order valence-electron chi connectivity index (χ3n) is 6.16. The van der Waals surface area contributed by atoms with E-state index in [1.54, 1.807) is 4.90 Å². The van der Waals surface area contributed by atoms with Crippen LogP contribution in [0.15, 0.2) is 42.5 Å². The quantitative estimate of drug-likeness (QED) is 0.804. The van der Waals surface area contributed by atoms with Crippen LogP contribution in [0.5, 0.6) is 11.5 Å². The van der Waals surface area contributed by atoms with Gasteiger partial charge in [0.05, 0.1) is 5.92 Å². The number of nitrogens with zero attached hydrogens (tertiary/aromatic N) is 2. The fourth-order valence-electron chi connectivity index (χ4n) is 4.47. The van der Waals surface area contributed by atoms with E-state index in [9.17, 15) is 9.59 Å². The molecule has 0 aromatic heterocycles. The van der Waals surface area contributed by atoms with Gasteiger partial charge in [0.2, 0.25) is 11.8 Å². The molecule has 1 N–H and O–H groups in total. The molecule has 3 aliphatic heterocycles. The first kappa shape index (κ1) is 19.9. The van der Waals surface area contributed by atoms with E-state index >= 15 is 0 Å². The molecular formula is C24H27N3O4. The number of amides is 2. The average Bonchev–Trinajstić information content (AvgIpc) is 3.44. The van der Waals surface area contributed by atoms with Crippen molar-refractivity contribution in [1.29, 1.82) is 0 Å². The minimum Gasteiger partial charge on any atom is -0.486 e. The Kier molecular flexibility index (Phi) is 5.51. The number of hydrogen-bond donors (Lipinski definition) is 1. The molecule has 0 spiro atoms. The Labute approximate surface area is 181 Å². The fraction of sp³-hybridized carbons (Fsp3) is 0.417. The number of hydrogen-bond acceptors (Lipinski definition) is 5. The largest absolute Gasteiger partial charge is 0.486 e. The SMILES string of the molecule is O=C(Nc1ccc(CN2CCCC2)cc1)[C@H]1CC(=O)N(c2ccc3c(c2)OCCO3)C1. The second-order valence-corrected chi connectivity index (χ2v) is 8.40. The molecule has 5 rings (SSSR count). The Hall–Kier alpha value is -3.06. The van der Waals surface area contributed by atoms with Crippen LogP contribution in [-0.4, -0.2) is 49.6 Å². The second-order valence-electron chi connectivity index (χ2n) is 8.40. The summed E-state index contributed by atoms with van der Waals surface area (Å²) >= 11 is 0. The van der Waals surface area contributed by atoms with Gasteiger partial charge in [-0.15, -0.1) is 0 Å². The summed E-state index contributed by atoms with van der Waals surface area (Å²) < 4.78 is 11.2. The highest BCUT2D eigenvalue weighted by Gasteiger charge is 2.35. The average molecular weight is 421 g/mol. The zero-order chi connectivity index (χ0) is 21.2. The summed E-state index contributed by atoms with van der Waals surface area (Å²) in [5, 5.41) is 2.97. The maximum Gasteiger partial charge on any atom is 0.229 e. The zero-order valence-corrected chi connectivity index (χ0v) is 17.5. The van der Waals surface area contributed by atoms with Gasteiger partial charge in [-0.1, -0.05) is 12.1 Å². The normalized spacial score (nSPS) is 20.8. The van der Waals surface area contributed by atoms with E-state index in [4.69, 9.17) is 9.47 Å². The van der Waals surface area contributed by atoms with Crippen LogP contribution in [0.1, 0.15) is 24.8 Å². The molecule has 7 heteroatoms. The third-order valence-corrected chi connectivity index (χ3v) is 6.16. The van der Waals surface area contributed by atoms with Crippen molar-refractivity contribution in [2.24, 2.45) is 5.92 Å². The van der Waals surface area contributed by atoms with Crippen molar-refractivity contribution in [2.75, 3.05) is 43.1 Å². The van der Waals surface area contributed by atoms with E-state index in [0.29, 0.717) is 31.3 Å². The lowest BCUT2D eigenvalue weighted by Gasteiger charge is -2.22. The number of likely N-dealkylation sites (tertiary alicyclic amines) is 1. The maximum atomic E-state index is 12.8. The summed E-state index contributed by atoms with van der Waals surface area (Å²) in [5.41, 5.74) is 2.75. The van der Waals surface area contributed by atoms with E-state index in [2.05, 4.69) is 22.3 Å². The Morgan fingerprint density at radius 1 is 1.00 bits per heavy atom. The highest BCUT2D eigenvalue weighted by atomic mass is 16.6. The standard InChI is InChI=1S/C24H27N3O4/c28-23-13-18(16-27(23)20-7-8-21-22(14-20)31-12-11-30-21)24(29)25-19-5-3-17(4-6-19)15-26-9-1-2-10-26/h3-8,14,18H,1-2,9-13,15-16H2,(H,25,29)/t18-/m0/s1. The molecule has 0 unspecified atom stereocenters. The van der Waals surface area contributed by atoms with Crippen LogP contribution in [0.3, 0.4) is 0 Å². The first-order chi connectivity index (χ1) is 15.2. The minimum absolute atomic E-state index is 0.0576. The number of nitrogens with one attached hydrogen (secondary N) is 1. The summed E-state index contributed by atoms with van der Waals surface area (Å²) in [7, 11) is 0. The molecule has 2 saturated heterocycles. The van der Waals surface area contributed by atoms with Crippen molar-refractivity contribution in [3.63, 3.8) is 0 Å². The van der Waals surface area contributed by atoms with Crippen molar-refractivity contribution in [2.45, 2.75) is 25.8 Å². The first-order valence-corrected chi connectivity index (χ1v) is 11.0. The van der Waals surface area contributed by atoms with Crippen LogP contribution < -0.4 is 19.7 Å². The molecule has 31 heavy (non-hydrogen) atoms. The molecule has 0 radical (unpaired) electrons. The van der Waals surface area contributed by atoms with Gasteiger partial charge >= 0.3 is 0 Å². The minimum atomic E-state index is -0.384. The molecule has 2 fully saturated rings. The van der Waals surface area contributed by atoms with Gasteiger partial charge in [-0.2, -0.15) is 0 Å². The van der Waals surface area contributed by atoms with Gasteiger partial charge in [0.15, 0.2) is 11.5 Å². The predicted molar refractivity (Wildman–Crippen MR) is 117 cm³/mol. The third kappa shape index (κ3) is 4.37. The molecule has 3 heterocycles. The second kappa shape index (κ2) is 8.59. The molecule has 0 aliphatic carbocycles. The summed E-state index contributed by atoms with van der Waals surface area (Å²) in [6, 6.07) is 13.5. The molecule has 7 nitrogen and oxygen atoms in total. The molecule has 2 aromatic carbocycles. The van der Waals surface area contributed by atoms with Crippen molar-refractivity contribution >= 4 is 23.2 Å². The van der Waals surface area contributed by atoms with Gasteiger partial charge in [-0.25, -0.2) is 0 Å². The van der Waals surface area contributed by atoms with Crippen molar-refractivity contribution in [3.05, 3.63) is 48.0 Å². The monoisotopic (exact) mass is 421 g/mol. The smallest absolute Gasteiger partial charge is 0.229 e. The summed E-state index contributed by atoms with van der Waals surface area (Å²) in [5.74, 6) is 0.756. The lowest BCUT2D eigenvalue weighted by atomic mass is 10.1. The summed E-state index contributed by atoms with van der Waals surface area (Å²) in [6.45, 7) is 4.65. The van der Waals surface area contributed by atoms with E-state index in [0.717, 1.165) is 31.0 Å². The Bertz CT molecular complexity index is 969. The number of rotatable bonds is 5. The number of fused-ring (bicyclic) bond motifs is 1. The molecule has 1 atom stereocenters. The van der Waals surface area contributed by atoms with E-state index in [-0.39, 0.29) is 24.2 Å². The Morgan fingerprint density at radius 3 is 2.52 bits per heavy atom. The van der Waals surface area contributed by atoms with Crippen LogP contribution in [0.4, 0.5) is 11.4 Å². The van der Waals surface area contributed by atoms with Gasteiger partial charge < -0.3 is 19.7 Å². The van der Waals surface area contributed by atoms with Crippen LogP contribution in [0.2, 0.25) is 0 Å². The predicted octanol–water partition coefficient (Wildman–Crippen LogP) is 3.05. The number of carbonyl (C=O) groups excluding carboxylic acids is 2. The number of carbonyl (C=O) groups is 2. The van der Waals surface area contributed by atoms with Crippen LogP contribution in [0.25, 0.3) is 0 Å². The van der Waals surface area contributed by atoms with Gasteiger partial charge in [0, 0.05) is 37.0 Å². The molecule has 0 bridgehead atoms. The summed E-state index contributed by atoms with van der Waals surface area (Å²) in [4.78, 5) is 29.5. The van der Waals surface area contributed by atoms with Gasteiger partial charge in [0.25, 0.3) is 0 Å².